The highest BCUT2D eigenvalue weighted by Gasteiger charge is 2.43. The van der Waals surface area contributed by atoms with E-state index in [0.29, 0.717) is 22.8 Å². The van der Waals surface area contributed by atoms with Crippen LogP contribution in [0.4, 0.5) is 17.3 Å². The number of hydrogen-bond donors (Lipinski definition) is 2. The second-order valence-electron chi connectivity index (χ2n) is 11.2. The van der Waals surface area contributed by atoms with Crippen LogP contribution in [0.5, 0.6) is 5.75 Å². The minimum absolute atomic E-state index is 0.326. The van der Waals surface area contributed by atoms with Gasteiger partial charge < -0.3 is 30.3 Å². The van der Waals surface area contributed by atoms with Crippen LogP contribution in [-0.4, -0.2) is 79.4 Å². The van der Waals surface area contributed by atoms with E-state index in [1.165, 1.54) is 25.9 Å². The molecule has 3 aliphatic heterocycles. The van der Waals surface area contributed by atoms with Crippen LogP contribution in [0, 0.1) is 5.41 Å². The van der Waals surface area contributed by atoms with Crippen LogP contribution in [0.1, 0.15) is 38.3 Å². The summed E-state index contributed by atoms with van der Waals surface area (Å²) in [5.41, 5.74) is 12.2. The average Bonchev–Trinajstić information content (AvgIpc) is 2.93. The van der Waals surface area contributed by atoms with Crippen molar-refractivity contribution in [2.45, 2.75) is 45.1 Å². The molecule has 0 radical (unpaired) electrons. The van der Waals surface area contributed by atoms with Gasteiger partial charge in [-0.2, -0.15) is 0 Å². The quantitative estimate of drug-likeness (QED) is 0.503. The highest BCUT2D eigenvalue weighted by atomic mass is 16.5. The highest BCUT2D eigenvalue weighted by Crippen LogP contribution is 2.43. The number of ether oxygens (including phenoxy) is 2. The van der Waals surface area contributed by atoms with E-state index in [4.69, 9.17) is 25.2 Å². The van der Waals surface area contributed by atoms with Crippen molar-refractivity contribution < 1.29 is 9.47 Å². The smallest absolute Gasteiger partial charge is 0.151 e. The Kier molecular flexibility index (Phi) is 6.74. The molecule has 0 saturated carbocycles. The van der Waals surface area contributed by atoms with Gasteiger partial charge in [-0.25, -0.2) is 15.0 Å². The normalized spacial score (nSPS) is 20.0. The molecular weight excluding hydrogens is 478 g/mol. The number of anilines is 3. The van der Waals surface area contributed by atoms with Crippen LogP contribution in [-0.2, 0) is 11.2 Å². The number of rotatable bonds is 6. The van der Waals surface area contributed by atoms with Crippen LogP contribution in [0.2, 0.25) is 0 Å². The number of benzene rings is 1. The van der Waals surface area contributed by atoms with Crippen molar-refractivity contribution in [3.63, 3.8) is 0 Å². The predicted molar refractivity (Wildman–Crippen MR) is 152 cm³/mol. The number of nitrogens with one attached hydrogen (secondary N) is 1. The summed E-state index contributed by atoms with van der Waals surface area (Å²) in [5.74, 6) is 2.09. The fraction of sp³-hybridized carbons (Fsp3) is 0.552. The first-order valence-corrected chi connectivity index (χ1v) is 13.9. The summed E-state index contributed by atoms with van der Waals surface area (Å²) < 4.78 is 11.4. The molecule has 3 N–H and O–H groups in total. The Morgan fingerprint density at radius 1 is 1.13 bits per heavy atom. The summed E-state index contributed by atoms with van der Waals surface area (Å²) >= 11 is 0. The molecule has 0 amide bonds. The van der Waals surface area contributed by atoms with E-state index in [-0.39, 0.29) is 0 Å². The standard InChI is InChI=1S/C29H39N7O2/c1-4-22-28(32-20-7-13-38-14-8-20)34-25-21(16-31-27(30)26(25)33-22)19-5-6-23(24(15-19)37-3)36-11-9-29(10-12-36)17-35(2)18-29/h5-6,15-16,20H,4,7-14,17-18H2,1-3H3,(H2,30,31)(H,32,34). The molecular formula is C29H39N7O2. The van der Waals surface area contributed by atoms with Gasteiger partial charge in [-0.3, -0.25) is 0 Å². The van der Waals surface area contributed by atoms with Crippen molar-refractivity contribution in [1.82, 2.24) is 19.9 Å². The lowest BCUT2D eigenvalue weighted by atomic mass is 9.72. The first-order chi connectivity index (χ1) is 18.5. The molecule has 3 fully saturated rings. The SMILES string of the molecule is CCc1nc2c(N)ncc(-c3ccc(N4CCC5(CC4)CN(C)C5)c(OC)c3)c2nc1NC1CCOCC1. The Morgan fingerprint density at radius 3 is 2.58 bits per heavy atom. The van der Waals surface area contributed by atoms with Gasteiger partial charge in [0.25, 0.3) is 0 Å². The zero-order chi connectivity index (χ0) is 26.3. The predicted octanol–water partition coefficient (Wildman–Crippen LogP) is 3.97. The van der Waals surface area contributed by atoms with Crippen LogP contribution in [0.25, 0.3) is 22.2 Å². The van der Waals surface area contributed by atoms with Gasteiger partial charge in [0.2, 0.25) is 0 Å². The Hall–Kier alpha value is -3.17. The Balaban J connectivity index is 1.33. The molecule has 0 unspecified atom stereocenters. The third-order valence-corrected chi connectivity index (χ3v) is 8.56. The first-order valence-electron chi connectivity index (χ1n) is 13.9. The van der Waals surface area contributed by atoms with Gasteiger partial charge in [0, 0.05) is 57.2 Å². The van der Waals surface area contributed by atoms with Crippen molar-refractivity contribution in [2.75, 3.05) is 69.5 Å². The number of aromatic nitrogens is 3. The second kappa shape index (κ2) is 10.2. The Bertz CT molecular complexity index is 1310. The van der Waals surface area contributed by atoms with Crippen LogP contribution >= 0.6 is 0 Å². The fourth-order valence-electron chi connectivity index (χ4n) is 6.44. The summed E-state index contributed by atoms with van der Waals surface area (Å²) in [6.45, 7) is 8.19. The summed E-state index contributed by atoms with van der Waals surface area (Å²) in [4.78, 5) is 19.4. The number of nitrogens with two attached hydrogens (primary N) is 1. The molecule has 3 saturated heterocycles. The molecule has 5 heterocycles. The first kappa shape index (κ1) is 25.1. The van der Waals surface area contributed by atoms with E-state index < -0.39 is 0 Å². The number of piperidine rings is 1. The third kappa shape index (κ3) is 4.62. The van der Waals surface area contributed by atoms with Gasteiger partial charge in [0.15, 0.2) is 5.82 Å². The van der Waals surface area contributed by atoms with Gasteiger partial charge in [0.05, 0.1) is 18.5 Å². The molecule has 38 heavy (non-hydrogen) atoms. The summed E-state index contributed by atoms with van der Waals surface area (Å²) in [5, 5.41) is 3.64. The van der Waals surface area contributed by atoms with E-state index in [0.717, 1.165) is 85.2 Å². The van der Waals surface area contributed by atoms with Crippen molar-refractivity contribution in [3.8, 4) is 16.9 Å². The van der Waals surface area contributed by atoms with Crippen molar-refractivity contribution in [2.24, 2.45) is 5.41 Å². The third-order valence-electron chi connectivity index (χ3n) is 8.56. The molecule has 1 spiro atoms. The molecule has 3 aromatic rings. The van der Waals surface area contributed by atoms with E-state index >= 15 is 0 Å². The lowest BCUT2D eigenvalue weighted by molar-refractivity contribution is 0.00126. The zero-order valence-corrected chi connectivity index (χ0v) is 22.8. The summed E-state index contributed by atoms with van der Waals surface area (Å²) in [6.07, 6.45) is 6.94. The van der Waals surface area contributed by atoms with E-state index in [9.17, 15) is 0 Å². The van der Waals surface area contributed by atoms with E-state index in [1.54, 1.807) is 7.11 Å². The number of fused-ring (bicyclic) bond motifs is 1. The number of nitrogen functional groups attached to an aromatic ring is 1. The molecule has 0 aliphatic carbocycles. The maximum Gasteiger partial charge on any atom is 0.151 e. The fourth-order valence-corrected chi connectivity index (χ4v) is 6.44. The lowest BCUT2D eigenvalue weighted by Gasteiger charge is -2.53. The van der Waals surface area contributed by atoms with Crippen LogP contribution in [0.15, 0.2) is 24.4 Å². The highest BCUT2D eigenvalue weighted by molar-refractivity contribution is 5.97. The Morgan fingerprint density at radius 2 is 1.89 bits per heavy atom. The Labute approximate surface area is 224 Å². The number of hydrogen-bond acceptors (Lipinski definition) is 9. The zero-order valence-electron chi connectivity index (χ0n) is 22.8. The molecule has 0 atom stereocenters. The minimum Gasteiger partial charge on any atom is -0.495 e. The largest absolute Gasteiger partial charge is 0.495 e. The summed E-state index contributed by atoms with van der Waals surface area (Å²) in [7, 11) is 3.96. The van der Waals surface area contributed by atoms with Gasteiger partial charge in [-0.15, -0.1) is 0 Å². The van der Waals surface area contributed by atoms with Gasteiger partial charge in [-0.1, -0.05) is 13.0 Å². The summed E-state index contributed by atoms with van der Waals surface area (Å²) in [6, 6.07) is 6.75. The molecule has 9 nitrogen and oxygen atoms in total. The van der Waals surface area contributed by atoms with Gasteiger partial charge in [-0.05, 0) is 62.3 Å². The van der Waals surface area contributed by atoms with Gasteiger partial charge >= 0.3 is 0 Å². The molecule has 2 aromatic heterocycles. The van der Waals surface area contributed by atoms with E-state index in [2.05, 4.69) is 52.3 Å². The molecule has 3 aliphatic rings. The number of aryl methyl sites for hydroxylation is 1. The topological polar surface area (TPSA) is 102 Å². The molecule has 9 heteroatoms. The number of likely N-dealkylation sites (tertiary alicyclic amines) is 1. The average molecular weight is 518 g/mol. The van der Waals surface area contributed by atoms with Crippen LogP contribution in [0.3, 0.4) is 0 Å². The number of nitrogens with zero attached hydrogens (tertiary/aromatic N) is 5. The molecule has 1 aromatic carbocycles. The van der Waals surface area contributed by atoms with E-state index in [1.807, 2.05) is 6.20 Å². The lowest BCUT2D eigenvalue weighted by Crippen LogP contribution is -2.58. The van der Waals surface area contributed by atoms with Crippen molar-refractivity contribution >= 4 is 28.4 Å². The minimum atomic E-state index is 0.326. The maximum absolute atomic E-state index is 6.30. The maximum atomic E-state index is 6.30. The van der Waals surface area contributed by atoms with Crippen molar-refractivity contribution in [1.29, 1.82) is 0 Å². The second-order valence-corrected chi connectivity index (χ2v) is 11.2. The molecule has 0 bridgehead atoms. The van der Waals surface area contributed by atoms with Crippen LogP contribution < -0.4 is 20.7 Å². The molecule has 202 valence electrons. The van der Waals surface area contributed by atoms with Gasteiger partial charge in [0.1, 0.15) is 22.6 Å². The monoisotopic (exact) mass is 517 g/mol. The molecule has 6 rings (SSSR count). The number of methoxy groups -OCH3 is 1. The number of pyridine rings is 1. The van der Waals surface area contributed by atoms with Crippen molar-refractivity contribution in [3.05, 3.63) is 30.1 Å².